The van der Waals surface area contributed by atoms with E-state index in [9.17, 15) is 33.2 Å². The van der Waals surface area contributed by atoms with E-state index < -0.39 is 34.1 Å². The summed E-state index contributed by atoms with van der Waals surface area (Å²) < 4.78 is 42.4. The first-order chi connectivity index (χ1) is 17.1. The number of carbonyl (C=O) groups excluding carboxylic acids is 1. The molecule has 5 rings (SSSR count). The summed E-state index contributed by atoms with van der Waals surface area (Å²) in [5, 5.41) is 28.5. The summed E-state index contributed by atoms with van der Waals surface area (Å²) in [5.41, 5.74) is -2.16. The van der Waals surface area contributed by atoms with Gasteiger partial charge < -0.3 is 10.4 Å². The predicted molar refractivity (Wildman–Crippen MR) is 124 cm³/mol. The molecule has 1 amide bonds. The van der Waals surface area contributed by atoms with Crippen molar-refractivity contribution in [1.29, 1.82) is 0 Å². The number of hydrogen-bond acceptors (Lipinski definition) is 6. The lowest BCUT2D eigenvalue weighted by molar-refractivity contribution is -0.384. The zero-order valence-electron chi connectivity index (χ0n) is 18.0. The van der Waals surface area contributed by atoms with Crippen molar-refractivity contribution < 1.29 is 28.0 Å². The van der Waals surface area contributed by atoms with Crippen LogP contribution in [0.4, 0.5) is 24.5 Å². The minimum absolute atomic E-state index is 0.0284. The third-order valence-electron chi connectivity index (χ3n) is 5.51. The predicted octanol–water partition coefficient (Wildman–Crippen LogP) is 5.43. The maximum absolute atomic E-state index is 14.0. The van der Waals surface area contributed by atoms with Gasteiger partial charge in [0.1, 0.15) is 11.3 Å². The van der Waals surface area contributed by atoms with Crippen LogP contribution in [0.15, 0.2) is 72.9 Å². The largest absolute Gasteiger partial charge is 0.506 e. The zero-order valence-corrected chi connectivity index (χ0v) is 18.0. The van der Waals surface area contributed by atoms with Gasteiger partial charge in [0.05, 0.1) is 22.5 Å². The highest BCUT2D eigenvalue weighted by atomic mass is 19.4. The highest BCUT2D eigenvalue weighted by Crippen LogP contribution is 2.35. The number of halogens is 3. The van der Waals surface area contributed by atoms with Gasteiger partial charge in [0.15, 0.2) is 11.3 Å². The highest BCUT2D eigenvalue weighted by molar-refractivity contribution is 6.09. The van der Waals surface area contributed by atoms with Gasteiger partial charge in [0, 0.05) is 17.7 Å². The van der Waals surface area contributed by atoms with Crippen molar-refractivity contribution in [3.05, 3.63) is 94.3 Å². The number of non-ortho nitro benzene ring substituents is 1. The van der Waals surface area contributed by atoms with Gasteiger partial charge in [-0.1, -0.05) is 42.5 Å². The van der Waals surface area contributed by atoms with Crippen molar-refractivity contribution in [3.63, 3.8) is 0 Å². The fraction of sp³-hybridized carbons (Fsp3) is 0.0417. The summed E-state index contributed by atoms with van der Waals surface area (Å²) in [7, 11) is 0. The quantitative estimate of drug-likeness (QED) is 0.195. The molecule has 2 N–H and O–H groups in total. The number of benzene rings is 3. The molecule has 0 fully saturated rings. The van der Waals surface area contributed by atoms with Gasteiger partial charge in [-0.3, -0.25) is 14.9 Å². The van der Waals surface area contributed by atoms with Crippen molar-refractivity contribution in [2.75, 3.05) is 5.32 Å². The number of nitrogens with one attached hydrogen (secondary N) is 1. The first-order valence-electron chi connectivity index (χ1n) is 10.4. The molecule has 2 aromatic heterocycles. The molecule has 180 valence electrons. The SMILES string of the molecule is O=C(Nc1cc([N+](=O)[O-])ccc1O)c1cnn2c(C(F)(F)F)cc(-c3cccc4ccccc34)nc12. The maximum Gasteiger partial charge on any atom is 0.433 e. The lowest BCUT2D eigenvalue weighted by Gasteiger charge is -2.13. The van der Waals surface area contributed by atoms with Gasteiger partial charge in [-0.15, -0.1) is 0 Å². The van der Waals surface area contributed by atoms with Crippen molar-refractivity contribution in [1.82, 2.24) is 14.6 Å². The Morgan fingerprint density at radius 3 is 2.56 bits per heavy atom. The minimum atomic E-state index is -4.82. The van der Waals surface area contributed by atoms with Gasteiger partial charge >= 0.3 is 6.18 Å². The molecule has 0 aliphatic heterocycles. The van der Waals surface area contributed by atoms with Crippen molar-refractivity contribution in [2.24, 2.45) is 0 Å². The fourth-order valence-electron chi connectivity index (χ4n) is 3.84. The molecule has 0 saturated carbocycles. The number of aromatic nitrogens is 3. The maximum atomic E-state index is 14.0. The normalized spacial score (nSPS) is 11.6. The molecule has 0 atom stereocenters. The second-order valence-electron chi connectivity index (χ2n) is 7.76. The van der Waals surface area contributed by atoms with E-state index >= 15 is 0 Å². The topological polar surface area (TPSA) is 123 Å². The summed E-state index contributed by atoms with van der Waals surface area (Å²) in [6.45, 7) is 0. The first kappa shape index (κ1) is 22.8. The van der Waals surface area contributed by atoms with Crippen LogP contribution in [-0.2, 0) is 6.18 Å². The average Bonchev–Trinajstić information content (AvgIpc) is 3.27. The summed E-state index contributed by atoms with van der Waals surface area (Å²) in [5.74, 6) is -1.43. The van der Waals surface area contributed by atoms with Crippen LogP contribution >= 0.6 is 0 Å². The van der Waals surface area contributed by atoms with Gasteiger partial charge in [0.2, 0.25) is 0 Å². The van der Waals surface area contributed by atoms with Crippen LogP contribution in [0.1, 0.15) is 16.1 Å². The number of anilines is 1. The summed E-state index contributed by atoms with van der Waals surface area (Å²) >= 11 is 0. The number of nitro benzene ring substituents is 1. The number of hydrogen-bond donors (Lipinski definition) is 2. The molecular weight excluding hydrogens is 479 g/mol. The molecule has 0 aliphatic rings. The van der Waals surface area contributed by atoms with Crippen LogP contribution in [-0.4, -0.2) is 30.5 Å². The first-order valence-corrected chi connectivity index (χ1v) is 10.4. The van der Waals surface area contributed by atoms with E-state index in [1.807, 2.05) is 12.1 Å². The van der Waals surface area contributed by atoms with Crippen LogP contribution in [0.5, 0.6) is 5.75 Å². The molecule has 5 aromatic rings. The second-order valence-corrected chi connectivity index (χ2v) is 7.76. The fourth-order valence-corrected chi connectivity index (χ4v) is 3.84. The minimum Gasteiger partial charge on any atom is -0.506 e. The second kappa shape index (κ2) is 8.34. The Kier molecular flexibility index (Phi) is 5.28. The number of aromatic hydroxyl groups is 1. The standard InChI is InChI=1S/C24H14F3N5O4/c25-24(26,27)21-11-18(16-7-3-5-13-4-1-2-6-15(13)16)29-22-17(12-28-31(21)22)23(34)30-19-10-14(32(35)36)8-9-20(19)33/h1-12,33H,(H,30,34). The molecule has 2 heterocycles. The van der Waals surface area contributed by atoms with Crippen LogP contribution in [0.25, 0.3) is 27.7 Å². The summed E-state index contributed by atoms with van der Waals surface area (Å²) in [6.07, 6.45) is -3.91. The Labute approximate surface area is 199 Å². The summed E-state index contributed by atoms with van der Waals surface area (Å²) in [6, 6.07) is 16.1. The molecule has 0 unspecified atom stereocenters. The van der Waals surface area contributed by atoms with E-state index in [1.54, 1.807) is 30.3 Å². The Bertz CT molecular complexity index is 1680. The van der Waals surface area contributed by atoms with Crippen molar-refractivity contribution in [2.45, 2.75) is 6.18 Å². The number of alkyl halides is 3. The van der Waals surface area contributed by atoms with Crippen molar-refractivity contribution in [3.8, 4) is 17.0 Å². The molecule has 0 saturated heterocycles. The van der Waals surface area contributed by atoms with Crippen LogP contribution in [0.3, 0.4) is 0 Å². The molecular formula is C24H14F3N5O4. The lowest BCUT2D eigenvalue weighted by Crippen LogP contribution is -2.16. The number of phenols is 1. The molecule has 0 aliphatic carbocycles. The van der Waals surface area contributed by atoms with E-state index in [2.05, 4.69) is 15.4 Å². The Morgan fingerprint density at radius 2 is 1.81 bits per heavy atom. The number of nitro groups is 1. The molecule has 12 heteroatoms. The third-order valence-corrected chi connectivity index (χ3v) is 5.51. The number of fused-ring (bicyclic) bond motifs is 2. The molecule has 9 nitrogen and oxygen atoms in total. The van der Waals surface area contributed by atoms with E-state index in [0.29, 0.717) is 15.5 Å². The number of nitrogens with zero attached hydrogens (tertiary/aromatic N) is 4. The third kappa shape index (κ3) is 3.94. The van der Waals surface area contributed by atoms with Crippen LogP contribution in [0.2, 0.25) is 0 Å². The van der Waals surface area contributed by atoms with E-state index in [1.165, 1.54) is 0 Å². The van der Waals surface area contributed by atoms with Gasteiger partial charge in [0.25, 0.3) is 11.6 Å². The van der Waals surface area contributed by atoms with E-state index in [-0.39, 0.29) is 22.6 Å². The van der Waals surface area contributed by atoms with Crippen LogP contribution < -0.4 is 5.32 Å². The number of rotatable bonds is 4. The average molecular weight is 493 g/mol. The van der Waals surface area contributed by atoms with Crippen LogP contribution in [0, 0.1) is 10.1 Å². The van der Waals surface area contributed by atoms with Gasteiger partial charge in [-0.2, -0.15) is 18.3 Å². The smallest absolute Gasteiger partial charge is 0.433 e. The highest BCUT2D eigenvalue weighted by Gasteiger charge is 2.36. The van der Waals surface area contributed by atoms with Crippen molar-refractivity contribution >= 4 is 33.7 Å². The summed E-state index contributed by atoms with van der Waals surface area (Å²) in [4.78, 5) is 27.6. The van der Waals surface area contributed by atoms with E-state index in [0.717, 1.165) is 35.8 Å². The Morgan fingerprint density at radius 1 is 1.06 bits per heavy atom. The van der Waals surface area contributed by atoms with Gasteiger partial charge in [-0.25, -0.2) is 9.50 Å². The monoisotopic (exact) mass is 493 g/mol. The number of amides is 1. The zero-order chi connectivity index (χ0) is 25.6. The number of carbonyl (C=O) groups is 1. The molecule has 0 spiro atoms. The Hall–Kier alpha value is -5.00. The lowest BCUT2D eigenvalue weighted by atomic mass is 10.0. The number of phenolic OH excluding ortho intramolecular Hbond substituents is 1. The molecule has 0 radical (unpaired) electrons. The molecule has 36 heavy (non-hydrogen) atoms. The Balaban J connectivity index is 1.67. The van der Waals surface area contributed by atoms with E-state index in [4.69, 9.17) is 0 Å². The van der Waals surface area contributed by atoms with Gasteiger partial charge in [-0.05, 0) is 22.9 Å². The molecule has 3 aromatic carbocycles. The molecule has 0 bridgehead atoms.